The molecule has 3 heteroatoms. The Kier molecular flexibility index (Phi) is 3.69. The van der Waals surface area contributed by atoms with Gasteiger partial charge in [-0.15, -0.1) is 0 Å². The number of rotatable bonds is 1. The Bertz CT molecular complexity index is 476. The summed E-state index contributed by atoms with van der Waals surface area (Å²) >= 11 is 12.1. The van der Waals surface area contributed by atoms with E-state index < -0.39 is 0 Å². The van der Waals surface area contributed by atoms with Crippen molar-refractivity contribution >= 4 is 50.1 Å². The third kappa shape index (κ3) is 2.37. The van der Waals surface area contributed by atoms with Gasteiger partial charge < -0.3 is 0 Å². The minimum atomic E-state index is 0.772. The molecule has 0 bridgehead atoms. The molecule has 0 N–H and O–H groups in total. The van der Waals surface area contributed by atoms with Crippen molar-refractivity contribution in [3.63, 3.8) is 0 Å². The van der Waals surface area contributed by atoms with Gasteiger partial charge in [-0.05, 0) is 46.4 Å². The molecule has 15 heavy (non-hydrogen) atoms. The van der Waals surface area contributed by atoms with Crippen LogP contribution in [0.5, 0.6) is 0 Å². The molecule has 0 saturated carbocycles. The largest absolute Gasteiger partial charge is 0.0836 e. The van der Waals surface area contributed by atoms with E-state index >= 15 is 0 Å². The predicted octanol–water partition coefficient (Wildman–Crippen LogP) is 5.37. The molecule has 0 amide bonds. The summed E-state index contributed by atoms with van der Waals surface area (Å²) in [6.45, 7) is 0. The van der Waals surface area contributed by atoms with Gasteiger partial charge in [0.25, 0.3) is 0 Å². The molecule has 0 aliphatic heterocycles. The molecule has 0 aliphatic carbocycles. The third-order valence-electron chi connectivity index (χ3n) is 2.11. The highest BCUT2D eigenvalue weighted by Gasteiger charge is 2.09. The molecule has 0 saturated heterocycles. The van der Waals surface area contributed by atoms with E-state index in [4.69, 9.17) is 11.6 Å². The lowest BCUT2D eigenvalue weighted by atomic mass is 10.1. The summed E-state index contributed by atoms with van der Waals surface area (Å²) in [5, 5.41) is 0.772. The summed E-state index contributed by atoms with van der Waals surface area (Å²) in [6, 6.07) is 14.0. The van der Waals surface area contributed by atoms with Crippen LogP contribution in [0.3, 0.4) is 0 Å². The second kappa shape index (κ2) is 4.85. The number of halogens is 3. The first-order valence-corrected chi connectivity index (χ1v) is 6.64. The van der Waals surface area contributed by atoms with E-state index in [1.807, 2.05) is 30.3 Å². The Morgan fingerprint density at radius 3 is 2.40 bits per heavy atom. The summed E-state index contributed by atoms with van der Waals surface area (Å²) in [7, 11) is 0. The first-order valence-electron chi connectivity index (χ1n) is 4.39. The Balaban J connectivity index is 2.69. The molecular weight excluding hydrogens is 386 g/mol. The number of hydrogen-bond acceptors (Lipinski definition) is 0. The molecule has 2 rings (SSSR count). The molecule has 2 aromatic rings. The summed E-state index contributed by atoms with van der Waals surface area (Å²) in [4.78, 5) is 0. The molecule has 0 nitrogen and oxygen atoms in total. The zero-order valence-electron chi connectivity index (χ0n) is 7.68. The topological polar surface area (TPSA) is 0 Å². The Labute approximate surface area is 116 Å². The minimum absolute atomic E-state index is 0.772. The van der Waals surface area contributed by atoms with Crippen LogP contribution in [-0.2, 0) is 0 Å². The van der Waals surface area contributed by atoms with Gasteiger partial charge in [-0.2, -0.15) is 0 Å². The van der Waals surface area contributed by atoms with Gasteiger partial charge in [0.2, 0.25) is 0 Å². The van der Waals surface area contributed by atoms with Crippen LogP contribution in [0.1, 0.15) is 0 Å². The Hall–Kier alpha value is -0.0600. The number of hydrogen-bond donors (Lipinski definition) is 0. The van der Waals surface area contributed by atoms with Crippen LogP contribution in [-0.4, -0.2) is 0 Å². The third-order valence-corrected chi connectivity index (χ3v) is 4.02. The van der Waals surface area contributed by atoms with E-state index in [1.54, 1.807) is 0 Å². The normalized spacial score (nSPS) is 10.3. The highest BCUT2D eigenvalue weighted by atomic mass is 127. The fourth-order valence-electron chi connectivity index (χ4n) is 1.42. The zero-order valence-corrected chi connectivity index (χ0v) is 12.2. The molecule has 0 spiro atoms. The van der Waals surface area contributed by atoms with Crippen LogP contribution >= 0.6 is 50.1 Å². The molecule has 76 valence electrons. The highest BCUT2D eigenvalue weighted by molar-refractivity contribution is 14.1. The van der Waals surface area contributed by atoms with Gasteiger partial charge in [-0.3, -0.25) is 0 Å². The van der Waals surface area contributed by atoms with Gasteiger partial charge in [0.15, 0.2) is 0 Å². The lowest BCUT2D eigenvalue weighted by Crippen LogP contribution is -1.85. The van der Waals surface area contributed by atoms with Gasteiger partial charge in [0.05, 0.1) is 0 Å². The van der Waals surface area contributed by atoms with Gasteiger partial charge in [-0.1, -0.05) is 51.8 Å². The maximum atomic E-state index is 6.20. The molecule has 0 fully saturated rings. The van der Waals surface area contributed by atoms with E-state index in [0.29, 0.717) is 0 Å². The lowest BCUT2D eigenvalue weighted by Gasteiger charge is -2.08. The fourth-order valence-corrected chi connectivity index (χ4v) is 3.05. The van der Waals surface area contributed by atoms with E-state index in [-0.39, 0.29) is 0 Å². The fraction of sp³-hybridized carbons (Fsp3) is 0. The zero-order chi connectivity index (χ0) is 10.8. The lowest BCUT2D eigenvalue weighted by molar-refractivity contribution is 1.55. The molecule has 0 unspecified atom stereocenters. The second-order valence-electron chi connectivity index (χ2n) is 3.08. The van der Waals surface area contributed by atoms with E-state index in [1.165, 1.54) is 3.57 Å². The predicted molar refractivity (Wildman–Crippen MR) is 77.3 cm³/mol. The van der Waals surface area contributed by atoms with Crippen molar-refractivity contribution in [1.82, 2.24) is 0 Å². The molecule has 0 radical (unpaired) electrons. The van der Waals surface area contributed by atoms with Crippen molar-refractivity contribution in [2.45, 2.75) is 0 Å². The first-order chi connectivity index (χ1) is 7.20. The SMILES string of the molecule is Clc1cccc(Br)c1-c1ccccc1I. The van der Waals surface area contributed by atoms with Gasteiger partial charge >= 0.3 is 0 Å². The van der Waals surface area contributed by atoms with Crippen LogP contribution in [0.2, 0.25) is 5.02 Å². The van der Waals surface area contributed by atoms with Crippen LogP contribution in [0.4, 0.5) is 0 Å². The van der Waals surface area contributed by atoms with Crippen molar-refractivity contribution in [3.05, 3.63) is 55.5 Å². The Morgan fingerprint density at radius 1 is 1.00 bits per heavy atom. The summed E-state index contributed by atoms with van der Waals surface area (Å²) < 4.78 is 2.23. The van der Waals surface area contributed by atoms with Crippen LogP contribution in [0.15, 0.2) is 46.9 Å². The molecule has 0 aromatic heterocycles. The molecule has 0 heterocycles. The minimum Gasteiger partial charge on any atom is -0.0836 e. The van der Waals surface area contributed by atoms with Crippen LogP contribution < -0.4 is 0 Å². The van der Waals surface area contributed by atoms with Gasteiger partial charge in [0, 0.05) is 18.6 Å². The standard InChI is InChI=1S/C12H7BrClI/c13-9-5-3-6-10(14)12(9)8-4-1-2-7-11(8)15/h1-7H. The monoisotopic (exact) mass is 392 g/mol. The molecular formula is C12H7BrClI. The second-order valence-corrected chi connectivity index (χ2v) is 5.50. The van der Waals surface area contributed by atoms with Crippen LogP contribution in [0.25, 0.3) is 11.1 Å². The van der Waals surface area contributed by atoms with E-state index in [2.05, 4.69) is 50.7 Å². The average Bonchev–Trinajstić information content (AvgIpc) is 2.20. The smallest absolute Gasteiger partial charge is 0.0496 e. The van der Waals surface area contributed by atoms with Gasteiger partial charge in [-0.25, -0.2) is 0 Å². The van der Waals surface area contributed by atoms with Crippen molar-refractivity contribution in [1.29, 1.82) is 0 Å². The maximum Gasteiger partial charge on any atom is 0.0496 e. The molecule has 0 aliphatic rings. The number of benzene rings is 2. The molecule has 2 aromatic carbocycles. The van der Waals surface area contributed by atoms with Crippen molar-refractivity contribution < 1.29 is 0 Å². The quantitative estimate of drug-likeness (QED) is 0.571. The average molecular weight is 393 g/mol. The molecule has 0 atom stereocenters. The summed E-state index contributed by atoms with van der Waals surface area (Å²) in [5.41, 5.74) is 2.22. The van der Waals surface area contributed by atoms with Crippen molar-refractivity contribution in [2.24, 2.45) is 0 Å². The van der Waals surface area contributed by atoms with Crippen molar-refractivity contribution in [3.8, 4) is 11.1 Å². The summed E-state index contributed by atoms with van der Waals surface area (Å²) in [6.07, 6.45) is 0. The van der Waals surface area contributed by atoms with E-state index in [9.17, 15) is 0 Å². The summed E-state index contributed by atoms with van der Waals surface area (Å²) in [5.74, 6) is 0. The van der Waals surface area contributed by atoms with Crippen molar-refractivity contribution in [2.75, 3.05) is 0 Å². The van der Waals surface area contributed by atoms with Gasteiger partial charge in [0.1, 0.15) is 0 Å². The highest BCUT2D eigenvalue weighted by Crippen LogP contribution is 2.36. The first kappa shape index (κ1) is 11.4. The maximum absolute atomic E-state index is 6.20. The Morgan fingerprint density at radius 2 is 1.73 bits per heavy atom. The van der Waals surface area contributed by atoms with E-state index in [0.717, 1.165) is 20.6 Å². The van der Waals surface area contributed by atoms with Crippen LogP contribution in [0, 0.1) is 3.57 Å².